The van der Waals surface area contributed by atoms with Crippen LogP contribution in [0.5, 0.6) is 0 Å². The molecule has 4 nitrogen and oxygen atoms in total. The lowest BCUT2D eigenvalue weighted by molar-refractivity contribution is 0.582. The van der Waals surface area contributed by atoms with E-state index in [2.05, 4.69) is 10.0 Å². The molecule has 0 saturated carbocycles. The average molecular weight is 266 g/mol. The van der Waals surface area contributed by atoms with Crippen LogP contribution in [0.25, 0.3) is 0 Å². The largest absolute Gasteiger partial charge is 0.313 e. The maximum Gasteiger partial charge on any atom is 0.240 e. The maximum absolute atomic E-state index is 12.0. The highest BCUT2D eigenvalue weighted by molar-refractivity contribution is 7.89. The molecule has 0 radical (unpaired) electrons. The van der Waals surface area contributed by atoms with Crippen molar-refractivity contribution >= 4 is 10.0 Å². The second kappa shape index (κ2) is 5.65. The molecule has 5 heteroatoms. The number of benzene rings is 1. The van der Waals surface area contributed by atoms with Crippen LogP contribution in [0.3, 0.4) is 0 Å². The van der Waals surface area contributed by atoms with Gasteiger partial charge in [0.25, 0.3) is 0 Å². The molecule has 18 heavy (non-hydrogen) atoms. The van der Waals surface area contributed by atoms with Gasteiger partial charge in [-0.15, -0.1) is 0 Å². The second-order valence-electron chi connectivity index (χ2n) is 4.45. The van der Waals surface area contributed by atoms with E-state index in [1.807, 2.05) is 13.0 Å². The summed E-state index contributed by atoms with van der Waals surface area (Å²) in [6.07, 6.45) is 2.94. The highest BCUT2D eigenvalue weighted by atomic mass is 32.2. The molecule has 1 aromatic rings. The molecule has 98 valence electrons. The first-order valence-corrected chi connectivity index (χ1v) is 7.51. The van der Waals surface area contributed by atoms with E-state index in [-0.39, 0.29) is 0 Å². The Bertz CT molecular complexity index is 533. The molecule has 0 fully saturated rings. The molecule has 1 aliphatic rings. The van der Waals surface area contributed by atoms with Gasteiger partial charge in [-0.05, 0) is 32.0 Å². The first-order chi connectivity index (χ1) is 8.58. The molecular formula is C13H18N2O2S. The molecule has 2 rings (SSSR count). The van der Waals surface area contributed by atoms with Gasteiger partial charge in [0.2, 0.25) is 10.0 Å². The number of aryl methyl sites for hydroxylation is 1. The third-order valence-corrected chi connectivity index (χ3v) is 4.40. The van der Waals surface area contributed by atoms with Crippen LogP contribution in [0.4, 0.5) is 0 Å². The fourth-order valence-corrected chi connectivity index (χ4v) is 2.86. The van der Waals surface area contributed by atoms with Gasteiger partial charge in [-0.3, -0.25) is 0 Å². The summed E-state index contributed by atoms with van der Waals surface area (Å²) in [5, 5.41) is 3.20. The van der Waals surface area contributed by atoms with Crippen LogP contribution in [-0.2, 0) is 10.0 Å². The molecule has 0 unspecified atom stereocenters. The molecule has 0 bridgehead atoms. The highest BCUT2D eigenvalue weighted by Gasteiger charge is 2.14. The van der Waals surface area contributed by atoms with E-state index in [1.54, 1.807) is 24.3 Å². The van der Waals surface area contributed by atoms with Crippen molar-refractivity contribution in [3.8, 4) is 0 Å². The van der Waals surface area contributed by atoms with Crippen LogP contribution in [-0.4, -0.2) is 28.1 Å². The van der Waals surface area contributed by atoms with E-state index in [0.29, 0.717) is 11.4 Å². The van der Waals surface area contributed by atoms with Gasteiger partial charge in [0.1, 0.15) is 0 Å². The third-order valence-electron chi connectivity index (χ3n) is 2.98. The average Bonchev–Trinajstić information content (AvgIpc) is 2.38. The van der Waals surface area contributed by atoms with Gasteiger partial charge >= 0.3 is 0 Å². The molecule has 0 atom stereocenters. The van der Waals surface area contributed by atoms with Crippen LogP contribution in [0, 0.1) is 6.92 Å². The lowest BCUT2D eigenvalue weighted by atomic mass is 10.1. The van der Waals surface area contributed by atoms with Gasteiger partial charge in [0.05, 0.1) is 4.90 Å². The van der Waals surface area contributed by atoms with Crippen molar-refractivity contribution in [2.75, 3.05) is 19.6 Å². The highest BCUT2D eigenvalue weighted by Crippen LogP contribution is 2.11. The van der Waals surface area contributed by atoms with Crippen molar-refractivity contribution < 1.29 is 8.42 Å². The summed E-state index contributed by atoms with van der Waals surface area (Å²) in [7, 11) is -3.39. The Morgan fingerprint density at radius 2 is 2.00 bits per heavy atom. The predicted molar refractivity (Wildman–Crippen MR) is 71.9 cm³/mol. The van der Waals surface area contributed by atoms with Gasteiger partial charge in [0.15, 0.2) is 0 Å². The molecule has 2 N–H and O–H groups in total. The van der Waals surface area contributed by atoms with E-state index in [4.69, 9.17) is 0 Å². The Morgan fingerprint density at radius 3 is 2.61 bits per heavy atom. The van der Waals surface area contributed by atoms with Crippen molar-refractivity contribution in [1.29, 1.82) is 0 Å². The van der Waals surface area contributed by atoms with E-state index in [0.717, 1.165) is 30.6 Å². The molecule has 1 aromatic carbocycles. The van der Waals surface area contributed by atoms with E-state index < -0.39 is 10.0 Å². The zero-order valence-electron chi connectivity index (χ0n) is 10.4. The van der Waals surface area contributed by atoms with E-state index >= 15 is 0 Å². The van der Waals surface area contributed by atoms with E-state index in [9.17, 15) is 8.42 Å². The Labute approximate surface area is 108 Å². The number of sulfonamides is 1. The molecule has 0 saturated heterocycles. The fraction of sp³-hybridized carbons (Fsp3) is 0.385. The van der Waals surface area contributed by atoms with Gasteiger partial charge in [-0.25, -0.2) is 13.1 Å². The molecule has 1 heterocycles. The number of hydrogen-bond acceptors (Lipinski definition) is 3. The van der Waals surface area contributed by atoms with Crippen LogP contribution < -0.4 is 10.0 Å². The minimum Gasteiger partial charge on any atom is -0.313 e. The van der Waals surface area contributed by atoms with Crippen molar-refractivity contribution in [3.63, 3.8) is 0 Å². The zero-order chi connectivity index (χ0) is 13.0. The quantitative estimate of drug-likeness (QED) is 0.805. The smallest absolute Gasteiger partial charge is 0.240 e. The van der Waals surface area contributed by atoms with Crippen LogP contribution >= 0.6 is 0 Å². The summed E-state index contributed by atoms with van der Waals surface area (Å²) < 4.78 is 26.7. The maximum atomic E-state index is 12.0. The summed E-state index contributed by atoms with van der Waals surface area (Å²) in [5.74, 6) is 0. The van der Waals surface area contributed by atoms with Crippen molar-refractivity contribution in [2.45, 2.75) is 18.2 Å². The second-order valence-corrected chi connectivity index (χ2v) is 6.22. The van der Waals surface area contributed by atoms with Crippen LogP contribution in [0.15, 0.2) is 40.8 Å². The number of hydrogen-bond donors (Lipinski definition) is 2. The molecular weight excluding hydrogens is 248 g/mol. The Morgan fingerprint density at radius 1 is 1.28 bits per heavy atom. The number of rotatable bonds is 4. The van der Waals surface area contributed by atoms with Gasteiger partial charge in [-0.2, -0.15) is 0 Å². The summed E-state index contributed by atoms with van der Waals surface area (Å²) in [6.45, 7) is 4.07. The Balaban J connectivity index is 2.03. The first kappa shape index (κ1) is 13.3. The van der Waals surface area contributed by atoms with Crippen LogP contribution in [0.1, 0.15) is 12.0 Å². The minimum absolute atomic E-state index is 0.322. The van der Waals surface area contributed by atoms with E-state index in [1.165, 1.54) is 0 Å². The minimum atomic E-state index is -3.39. The molecule has 0 aromatic heterocycles. The first-order valence-electron chi connectivity index (χ1n) is 6.03. The monoisotopic (exact) mass is 266 g/mol. The zero-order valence-corrected chi connectivity index (χ0v) is 11.3. The lowest BCUT2D eigenvalue weighted by Gasteiger charge is -2.14. The standard InChI is InChI=1S/C13H18N2O2S/c1-11-2-4-13(5-3-11)18(16,17)15-10-12-6-8-14-9-7-12/h2-6,14-15H,7-10H2,1H3. The molecule has 1 aliphatic heterocycles. The third kappa shape index (κ3) is 3.41. The number of nitrogens with one attached hydrogen (secondary N) is 2. The normalized spacial score (nSPS) is 16.4. The molecule has 0 amide bonds. The molecule has 0 spiro atoms. The summed E-state index contributed by atoms with van der Waals surface area (Å²) >= 11 is 0. The van der Waals surface area contributed by atoms with Gasteiger partial charge in [-0.1, -0.05) is 29.3 Å². The van der Waals surface area contributed by atoms with Crippen molar-refractivity contribution in [2.24, 2.45) is 0 Å². The van der Waals surface area contributed by atoms with Gasteiger partial charge in [0, 0.05) is 13.1 Å². The van der Waals surface area contributed by atoms with Crippen molar-refractivity contribution in [3.05, 3.63) is 41.5 Å². The van der Waals surface area contributed by atoms with Gasteiger partial charge < -0.3 is 5.32 Å². The topological polar surface area (TPSA) is 58.2 Å². The Kier molecular flexibility index (Phi) is 4.16. The van der Waals surface area contributed by atoms with Crippen LogP contribution in [0.2, 0.25) is 0 Å². The summed E-state index contributed by atoms with van der Waals surface area (Å²) in [4.78, 5) is 0.322. The fourth-order valence-electron chi connectivity index (χ4n) is 1.82. The predicted octanol–water partition coefficient (Wildman–Crippen LogP) is 1.19. The SMILES string of the molecule is Cc1ccc(S(=O)(=O)NCC2=CCNCC2)cc1. The van der Waals surface area contributed by atoms with Crippen molar-refractivity contribution in [1.82, 2.24) is 10.0 Å². The lowest BCUT2D eigenvalue weighted by Crippen LogP contribution is -2.29. The summed E-state index contributed by atoms with van der Waals surface area (Å²) in [5.41, 5.74) is 2.19. The Hall–Kier alpha value is -1.17. The summed E-state index contributed by atoms with van der Waals surface area (Å²) in [6, 6.07) is 6.87. The molecule has 0 aliphatic carbocycles.